The summed E-state index contributed by atoms with van der Waals surface area (Å²) in [6.07, 6.45) is 0.772. The number of amides is 2. The number of carbonyl (C=O) groups is 3. The molecule has 30 heavy (non-hydrogen) atoms. The predicted molar refractivity (Wildman–Crippen MR) is 110 cm³/mol. The number of nitro groups is 1. The van der Waals surface area contributed by atoms with Gasteiger partial charge >= 0.3 is 12.1 Å². The summed E-state index contributed by atoms with van der Waals surface area (Å²) in [4.78, 5) is 48.5. The van der Waals surface area contributed by atoms with Crippen LogP contribution < -0.4 is 5.32 Å². The van der Waals surface area contributed by atoms with Crippen molar-refractivity contribution in [3.05, 3.63) is 33.9 Å². The molecule has 0 unspecified atom stereocenters. The summed E-state index contributed by atoms with van der Waals surface area (Å²) in [6, 6.07) is 4.01. The van der Waals surface area contributed by atoms with Crippen LogP contribution in [-0.4, -0.2) is 65.9 Å². The molecule has 1 saturated heterocycles. The summed E-state index contributed by atoms with van der Waals surface area (Å²) in [5.41, 5.74) is -0.0796. The molecule has 1 aliphatic rings. The Morgan fingerprint density at radius 3 is 2.47 bits per heavy atom. The minimum absolute atomic E-state index is 0.0563. The monoisotopic (exact) mass is 439 g/mol. The molecule has 2 rings (SSSR count). The van der Waals surface area contributed by atoms with Crippen molar-refractivity contribution < 1.29 is 28.8 Å². The molecule has 10 nitrogen and oxygen atoms in total. The molecular weight excluding hydrogens is 414 g/mol. The molecule has 1 fully saturated rings. The van der Waals surface area contributed by atoms with Crippen LogP contribution in [0.1, 0.15) is 37.0 Å². The molecule has 0 spiro atoms. The Kier molecular flexibility index (Phi) is 8.90. The molecule has 1 N–H and O–H groups in total. The molecule has 0 atom stereocenters. The van der Waals surface area contributed by atoms with E-state index in [1.165, 1.54) is 18.2 Å². The number of hydrogen-bond acceptors (Lipinski definition) is 8. The fourth-order valence-corrected chi connectivity index (χ4v) is 3.75. The van der Waals surface area contributed by atoms with E-state index in [-0.39, 0.29) is 40.6 Å². The van der Waals surface area contributed by atoms with Gasteiger partial charge in [0, 0.05) is 30.8 Å². The second-order valence-electron chi connectivity index (χ2n) is 6.47. The van der Waals surface area contributed by atoms with Gasteiger partial charge in [0.2, 0.25) is 0 Å². The number of thioether (sulfide) groups is 1. The first kappa shape index (κ1) is 23.5. The fraction of sp³-hybridized carbons (Fsp3) is 0.526. The number of likely N-dealkylation sites (tertiary alicyclic amines) is 1. The average Bonchev–Trinajstić information content (AvgIpc) is 2.73. The zero-order valence-corrected chi connectivity index (χ0v) is 17.7. The summed E-state index contributed by atoms with van der Waals surface area (Å²) >= 11 is 0.989. The molecule has 0 aliphatic carbocycles. The number of ether oxygens (including phenoxy) is 2. The van der Waals surface area contributed by atoms with E-state index in [1.54, 1.807) is 18.7 Å². The minimum Gasteiger partial charge on any atom is -0.465 e. The number of benzene rings is 1. The van der Waals surface area contributed by atoms with Crippen LogP contribution in [0.3, 0.4) is 0 Å². The molecule has 0 saturated carbocycles. The maximum Gasteiger partial charge on any atom is 0.409 e. The third kappa shape index (κ3) is 6.61. The van der Waals surface area contributed by atoms with Crippen LogP contribution in [0.5, 0.6) is 0 Å². The van der Waals surface area contributed by atoms with Crippen molar-refractivity contribution in [2.24, 2.45) is 0 Å². The molecule has 1 heterocycles. The van der Waals surface area contributed by atoms with Crippen molar-refractivity contribution in [2.45, 2.75) is 37.6 Å². The average molecular weight is 439 g/mol. The Balaban J connectivity index is 1.97. The summed E-state index contributed by atoms with van der Waals surface area (Å²) in [6.45, 7) is 4.90. The van der Waals surface area contributed by atoms with Crippen LogP contribution in [0, 0.1) is 10.1 Å². The van der Waals surface area contributed by atoms with Crippen molar-refractivity contribution in [1.82, 2.24) is 10.2 Å². The summed E-state index contributed by atoms with van der Waals surface area (Å²) in [5, 5.41) is 14.3. The van der Waals surface area contributed by atoms with Gasteiger partial charge in [-0.25, -0.2) is 4.79 Å². The van der Waals surface area contributed by atoms with Gasteiger partial charge in [0.05, 0.1) is 28.8 Å². The van der Waals surface area contributed by atoms with Gasteiger partial charge in [-0.2, -0.15) is 0 Å². The first-order chi connectivity index (χ1) is 14.3. The van der Waals surface area contributed by atoms with E-state index in [1.807, 2.05) is 0 Å². The van der Waals surface area contributed by atoms with Crippen LogP contribution >= 0.6 is 11.8 Å². The first-order valence-electron chi connectivity index (χ1n) is 9.65. The van der Waals surface area contributed by atoms with Gasteiger partial charge in [0.15, 0.2) is 0 Å². The third-order valence-electron chi connectivity index (χ3n) is 4.42. The van der Waals surface area contributed by atoms with Gasteiger partial charge in [-0.3, -0.25) is 19.7 Å². The van der Waals surface area contributed by atoms with Crippen molar-refractivity contribution in [2.75, 3.05) is 32.1 Å². The quantitative estimate of drug-likeness (QED) is 0.283. The standard InChI is InChI=1S/C19H25N3O7S/c1-3-28-17(23)12-30-16-6-5-13(11-15(16)22(26)27)18(24)20-14-7-9-21(10-8-14)19(25)29-4-2/h5-6,11,14H,3-4,7-10,12H2,1-2H3,(H,20,24). The van der Waals surface area contributed by atoms with Crippen molar-refractivity contribution in [1.29, 1.82) is 0 Å². The van der Waals surface area contributed by atoms with E-state index >= 15 is 0 Å². The van der Waals surface area contributed by atoms with Crippen LogP contribution in [-0.2, 0) is 14.3 Å². The SMILES string of the molecule is CCOC(=O)CSc1ccc(C(=O)NC2CCN(C(=O)OCC)CC2)cc1[N+](=O)[O-]. The molecule has 1 aromatic rings. The number of esters is 1. The van der Waals surface area contributed by atoms with Gasteiger partial charge in [-0.1, -0.05) is 0 Å². The Bertz CT molecular complexity index is 794. The molecule has 0 aromatic heterocycles. The van der Waals surface area contributed by atoms with Gasteiger partial charge < -0.3 is 19.7 Å². The summed E-state index contributed by atoms with van der Waals surface area (Å²) < 4.78 is 9.79. The number of nitro benzene ring substituents is 1. The molecule has 0 radical (unpaired) electrons. The van der Waals surface area contributed by atoms with Crippen LogP contribution in [0.2, 0.25) is 0 Å². The van der Waals surface area contributed by atoms with Gasteiger partial charge in [0.1, 0.15) is 0 Å². The molecule has 11 heteroatoms. The highest BCUT2D eigenvalue weighted by Gasteiger charge is 2.26. The highest BCUT2D eigenvalue weighted by atomic mass is 32.2. The predicted octanol–water partition coefficient (Wildman–Crippen LogP) is 2.60. The van der Waals surface area contributed by atoms with E-state index in [4.69, 9.17) is 9.47 Å². The Morgan fingerprint density at radius 1 is 1.20 bits per heavy atom. The van der Waals surface area contributed by atoms with Crippen LogP contribution in [0.4, 0.5) is 10.5 Å². The van der Waals surface area contributed by atoms with E-state index < -0.39 is 16.8 Å². The normalized spacial score (nSPS) is 14.1. The summed E-state index contributed by atoms with van der Waals surface area (Å²) in [5.74, 6) is -0.943. The lowest BCUT2D eigenvalue weighted by Gasteiger charge is -2.31. The number of carbonyl (C=O) groups excluding carboxylic acids is 3. The molecule has 164 valence electrons. The third-order valence-corrected chi connectivity index (χ3v) is 5.46. The van der Waals surface area contributed by atoms with Gasteiger partial charge in [-0.05, 0) is 38.8 Å². The van der Waals surface area contributed by atoms with E-state index in [9.17, 15) is 24.5 Å². The Morgan fingerprint density at radius 2 is 1.87 bits per heavy atom. The maximum absolute atomic E-state index is 12.5. The molecular formula is C19H25N3O7S. The smallest absolute Gasteiger partial charge is 0.409 e. The lowest BCUT2D eigenvalue weighted by atomic mass is 10.0. The van der Waals surface area contributed by atoms with Gasteiger partial charge in [-0.15, -0.1) is 11.8 Å². The first-order valence-corrected chi connectivity index (χ1v) is 10.6. The lowest BCUT2D eigenvalue weighted by Crippen LogP contribution is -2.46. The van der Waals surface area contributed by atoms with Gasteiger partial charge in [0.25, 0.3) is 11.6 Å². The van der Waals surface area contributed by atoms with E-state index in [0.29, 0.717) is 32.5 Å². The van der Waals surface area contributed by atoms with Crippen molar-refractivity contribution in [3.8, 4) is 0 Å². The molecule has 1 aromatic carbocycles. The topological polar surface area (TPSA) is 128 Å². The largest absolute Gasteiger partial charge is 0.465 e. The van der Waals surface area contributed by atoms with E-state index in [0.717, 1.165) is 11.8 Å². The van der Waals surface area contributed by atoms with Crippen LogP contribution in [0.15, 0.2) is 23.1 Å². The van der Waals surface area contributed by atoms with Crippen molar-refractivity contribution >= 4 is 35.4 Å². The molecule has 2 amide bonds. The van der Waals surface area contributed by atoms with Crippen molar-refractivity contribution in [3.63, 3.8) is 0 Å². The number of rotatable bonds is 8. The molecule has 0 bridgehead atoms. The Labute approximate surface area is 178 Å². The zero-order chi connectivity index (χ0) is 22.1. The molecule has 1 aliphatic heterocycles. The highest BCUT2D eigenvalue weighted by Crippen LogP contribution is 2.30. The summed E-state index contributed by atoms with van der Waals surface area (Å²) in [7, 11) is 0. The van der Waals surface area contributed by atoms with E-state index in [2.05, 4.69) is 5.32 Å². The Hall–Kier alpha value is -2.82. The second-order valence-corrected chi connectivity index (χ2v) is 7.48. The minimum atomic E-state index is -0.581. The number of nitrogens with zero attached hydrogens (tertiary/aromatic N) is 2. The highest BCUT2D eigenvalue weighted by molar-refractivity contribution is 8.00. The number of nitrogens with one attached hydrogen (secondary N) is 1. The second kappa shape index (κ2) is 11.4. The zero-order valence-electron chi connectivity index (χ0n) is 16.9. The lowest BCUT2D eigenvalue weighted by molar-refractivity contribution is -0.387. The number of piperidine rings is 1. The maximum atomic E-state index is 12.5. The van der Waals surface area contributed by atoms with Crippen LogP contribution in [0.25, 0.3) is 0 Å². The fourth-order valence-electron chi connectivity index (χ4n) is 2.95. The number of hydrogen-bond donors (Lipinski definition) is 1.